The molecule has 0 aromatic heterocycles. The summed E-state index contributed by atoms with van der Waals surface area (Å²) in [5, 5.41) is 3.07. The smallest absolute Gasteiger partial charge is 0.231 e. The summed E-state index contributed by atoms with van der Waals surface area (Å²) in [7, 11) is 4.30. The molecule has 1 amide bonds. The fraction of sp³-hybridized carbons (Fsp3) is 0.516. The lowest BCUT2D eigenvalue weighted by Crippen LogP contribution is -2.44. The Kier molecular flexibility index (Phi) is 9.83. The van der Waals surface area contributed by atoms with Crippen LogP contribution in [0.5, 0.6) is 5.75 Å². The second-order valence-electron chi connectivity index (χ2n) is 10.8. The van der Waals surface area contributed by atoms with E-state index in [1.54, 1.807) is 0 Å². The van der Waals surface area contributed by atoms with Crippen LogP contribution < -0.4 is 15.0 Å². The topological polar surface area (TPSA) is 57.3 Å². The SMILES string of the molecule is C=CCC(Oc1cc(C(C)C(=O)Nc2ccc(C)cc2)cc(N2CCN(C)CC2)c1)OC1CCN(C)CC1. The standard InChI is InChI=1S/C31H44N4O3/c1-6-7-30(37-28-12-14-33(4)15-13-28)38-29-21-25(20-27(22-29)35-18-16-34(5)17-19-35)24(3)31(36)32-26-10-8-23(2)9-11-26/h6,8-11,20-22,24,28,30H,1,7,12-19H2,2-5H3,(H,32,36). The maximum Gasteiger partial charge on any atom is 0.231 e. The predicted molar refractivity (Wildman–Crippen MR) is 155 cm³/mol. The maximum absolute atomic E-state index is 13.2. The zero-order valence-electron chi connectivity index (χ0n) is 23.5. The lowest BCUT2D eigenvalue weighted by Gasteiger charge is -2.35. The molecule has 2 heterocycles. The molecule has 7 nitrogen and oxygen atoms in total. The number of hydrogen-bond acceptors (Lipinski definition) is 6. The number of piperidine rings is 1. The third-order valence-corrected chi connectivity index (χ3v) is 7.63. The summed E-state index contributed by atoms with van der Waals surface area (Å²) in [5.74, 6) is 0.338. The fourth-order valence-corrected chi connectivity index (χ4v) is 4.96. The van der Waals surface area contributed by atoms with E-state index in [0.717, 1.165) is 80.4 Å². The third kappa shape index (κ3) is 7.82. The zero-order valence-corrected chi connectivity index (χ0v) is 23.5. The van der Waals surface area contributed by atoms with E-state index in [9.17, 15) is 4.79 Å². The Labute approximate surface area is 228 Å². The summed E-state index contributed by atoms with van der Waals surface area (Å²) in [6.45, 7) is 13.9. The predicted octanol–water partition coefficient (Wildman–Crippen LogP) is 4.88. The molecular formula is C31H44N4O3. The lowest BCUT2D eigenvalue weighted by molar-refractivity contribution is -0.129. The van der Waals surface area contributed by atoms with Crippen molar-refractivity contribution < 1.29 is 14.3 Å². The molecule has 4 rings (SSSR count). The maximum atomic E-state index is 13.2. The van der Waals surface area contributed by atoms with Crippen LogP contribution >= 0.6 is 0 Å². The Hall–Kier alpha value is -2.87. The monoisotopic (exact) mass is 520 g/mol. The van der Waals surface area contributed by atoms with Crippen LogP contribution in [0.2, 0.25) is 0 Å². The Balaban J connectivity index is 1.55. The average Bonchev–Trinajstić information content (AvgIpc) is 2.91. The van der Waals surface area contributed by atoms with E-state index in [4.69, 9.17) is 9.47 Å². The first-order chi connectivity index (χ1) is 18.3. The van der Waals surface area contributed by atoms with Gasteiger partial charge in [0.25, 0.3) is 0 Å². The number of carbonyl (C=O) groups is 1. The number of anilines is 2. The molecule has 0 radical (unpaired) electrons. The van der Waals surface area contributed by atoms with Crippen LogP contribution in [0.25, 0.3) is 0 Å². The molecule has 2 aliphatic heterocycles. The Morgan fingerprint density at radius 3 is 2.34 bits per heavy atom. The number of aryl methyl sites for hydroxylation is 1. The number of piperazine rings is 1. The molecule has 206 valence electrons. The van der Waals surface area contributed by atoms with Gasteiger partial charge in [0.1, 0.15) is 5.75 Å². The number of nitrogens with zero attached hydrogens (tertiary/aromatic N) is 3. The fourth-order valence-electron chi connectivity index (χ4n) is 4.96. The van der Waals surface area contributed by atoms with Crippen molar-refractivity contribution in [1.82, 2.24) is 9.80 Å². The highest BCUT2D eigenvalue weighted by Gasteiger charge is 2.24. The van der Waals surface area contributed by atoms with Crippen LogP contribution in [0.3, 0.4) is 0 Å². The van der Waals surface area contributed by atoms with Crippen LogP contribution in [0.15, 0.2) is 55.1 Å². The van der Waals surface area contributed by atoms with Crippen molar-refractivity contribution in [3.63, 3.8) is 0 Å². The van der Waals surface area contributed by atoms with Crippen LogP contribution in [0.4, 0.5) is 11.4 Å². The molecule has 0 aliphatic carbocycles. The molecule has 2 fully saturated rings. The van der Waals surface area contributed by atoms with Gasteiger partial charge in [-0.1, -0.05) is 23.8 Å². The highest BCUT2D eigenvalue weighted by Crippen LogP contribution is 2.31. The number of likely N-dealkylation sites (N-methyl/N-ethyl adjacent to an activating group) is 1. The minimum Gasteiger partial charge on any atom is -0.465 e. The van der Waals surface area contributed by atoms with Gasteiger partial charge in [0.2, 0.25) is 12.2 Å². The van der Waals surface area contributed by atoms with E-state index in [0.29, 0.717) is 6.42 Å². The minimum atomic E-state index is -0.409. The van der Waals surface area contributed by atoms with Gasteiger partial charge in [0.05, 0.1) is 12.0 Å². The van der Waals surface area contributed by atoms with E-state index < -0.39 is 6.29 Å². The number of hydrogen-bond donors (Lipinski definition) is 1. The molecule has 2 aliphatic rings. The molecule has 2 saturated heterocycles. The molecule has 2 atom stereocenters. The van der Waals surface area contributed by atoms with Crippen LogP contribution in [0.1, 0.15) is 43.2 Å². The van der Waals surface area contributed by atoms with Gasteiger partial charge in [-0.2, -0.15) is 0 Å². The van der Waals surface area contributed by atoms with Crippen molar-refractivity contribution in [3.05, 3.63) is 66.2 Å². The minimum absolute atomic E-state index is 0.0412. The first-order valence-electron chi connectivity index (χ1n) is 13.9. The second kappa shape index (κ2) is 13.3. The molecule has 1 N–H and O–H groups in total. The summed E-state index contributed by atoms with van der Waals surface area (Å²) in [5.41, 5.74) is 3.97. The van der Waals surface area contributed by atoms with Crippen molar-refractivity contribution in [2.24, 2.45) is 0 Å². The quantitative estimate of drug-likeness (QED) is 0.356. The number of carbonyl (C=O) groups excluding carboxylic acids is 1. The van der Waals surface area contributed by atoms with E-state index in [2.05, 4.69) is 52.8 Å². The van der Waals surface area contributed by atoms with Crippen molar-refractivity contribution in [2.75, 3.05) is 63.6 Å². The molecule has 2 unspecified atom stereocenters. The number of amides is 1. The number of likely N-dealkylation sites (tertiary alicyclic amines) is 1. The first kappa shape index (κ1) is 28.1. The average molecular weight is 521 g/mol. The largest absolute Gasteiger partial charge is 0.465 e. The summed E-state index contributed by atoms with van der Waals surface area (Å²) in [6, 6.07) is 14.1. The normalized spacial score (nSPS) is 19.1. The van der Waals surface area contributed by atoms with Gasteiger partial charge in [-0.05, 0) is 70.6 Å². The van der Waals surface area contributed by atoms with Crippen molar-refractivity contribution in [3.8, 4) is 5.75 Å². The summed E-state index contributed by atoms with van der Waals surface area (Å²) < 4.78 is 12.9. The first-order valence-corrected chi connectivity index (χ1v) is 13.9. The van der Waals surface area contributed by atoms with E-state index in [1.165, 1.54) is 0 Å². The molecule has 2 aromatic carbocycles. The lowest BCUT2D eigenvalue weighted by atomic mass is 9.98. The van der Waals surface area contributed by atoms with E-state index >= 15 is 0 Å². The van der Waals surface area contributed by atoms with Gasteiger partial charge in [0.15, 0.2) is 0 Å². The third-order valence-electron chi connectivity index (χ3n) is 7.63. The second-order valence-corrected chi connectivity index (χ2v) is 10.8. The Morgan fingerprint density at radius 1 is 1.03 bits per heavy atom. The highest BCUT2D eigenvalue weighted by molar-refractivity contribution is 5.95. The molecule has 0 bridgehead atoms. The molecule has 0 spiro atoms. The number of ether oxygens (including phenoxy) is 2. The van der Waals surface area contributed by atoms with E-state index in [1.807, 2.05) is 50.3 Å². The van der Waals surface area contributed by atoms with Gasteiger partial charge in [0, 0.05) is 63.1 Å². The van der Waals surface area contributed by atoms with Crippen molar-refractivity contribution >= 4 is 17.3 Å². The summed E-state index contributed by atoms with van der Waals surface area (Å²) in [6.07, 6.45) is 4.21. The molecule has 2 aromatic rings. The molecular weight excluding hydrogens is 476 g/mol. The number of benzene rings is 2. The van der Waals surface area contributed by atoms with Gasteiger partial charge in [-0.25, -0.2) is 0 Å². The van der Waals surface area contributed by atoms with Crippen LogP contribution in [-0.4, -0.2) is 81.5 Å². The van der Waals surface area contributed by atoms with Gasteiger partial charge >= 0.3 is 0 Å². The Morgan fingerprint density at radius 2 is 1.68 bits per heavy atom. The van der Waals surface area contributed by atoms with Crippen molar-refractivity contribution in [2.45, 2.75) is 51.4 Å². The number of rotatable bonds is 10. The van der Waals surface area contributed by atoms with E-state index in [-0.39, 0.29) is 17.9 Å². The van der Waals surface area contributed by atoms with Crippen molar-refractivity contribution in [1.29, 1.82) is 0 Å². The highest BCUT2D eigenvalue weighted by atomic mass is 16.7. The number of nitrogens with one attached hydrogen (secondary N) is 1. The van der Waals surface area contributed by atoms with Gasteiger partial charge < -0.3 is 29.5 Å². The molecule has 7 heteroatoms. The Bertz CT molecular complexity index is 1060. The van der Waals surface area contributed by atoms with Crippen LogP contribution in [0, 0.1) is 6.92 Å². The molecule has 0 saturated carbocycles. The summed E-state index contributed by atoms with van der Waals surface area (Å²) in [4.78, 5) is 20.3. The summed E-state index contributed by atoms with van der Waals surface area (Å²) >= 11 is 0. The van der Waals surface area contributed by atoms with Gasteiger partial charge in [-0.15, -0.1) is 6.58 Å². The zero-order chi connectivity index (χ0) is 27.1. The van der Waals surface area contributed by atoms with Gasteiger partial charge in [-0.3, -0.25) is 4.79 Å². The van der Waals surface area contributed by atoms with Crippen LogP contribution in [-0.2, 0) is 9.53 Å². The molecule has 38 heavy (non-hydrogen) atoms.